The lowest BCUT2D eigenvalue weighted by Gasteiger charge is -2.37. The quantitative estimate of drug-likeness (QED) is 0.904. The molecule has 0 saturated carbocycles. The zero-order valence-electron chi connectivity index (χ0n) is 12.5. The van der Waals surface area contributed by atoms with Crippen LogP contribution in [0.15, 0.2) is 40.8 Å². The van der Waals surface area contributed by atoms with Gasteiger partial charge in [0.25, 0.3) is 5.91 Å². The molecule has 2 heterocycles. The average Bonchev–Trinajstić information content (AvgIpc) is 3.04. The monoisotopic (exact) mass is 335 g/mol. The van der Waals surface area contributed by atoms with E-state index in [1.165, 1.54) is 4.90 Å². The molecule has 122 valence electrons. The van der Waals surface area contributed by atoms with Gasteiger partial charge in [-0.1, -0.05) is 23.7 Å². The Hall–Kier alpha value is -1.82. The molecular formula is C17H18ClNO4. The number of halogens is 1. The van der Waals surface area contributed by atoms with Crippen LogP contribution in [0.4, 0.5) is 0 Å². The third-order valence-electron chi connectivity index (χ3n) is 4.09. The summed E-state index contributed by atoms with van der Waals surface area (Å²) in [5, 5.41) is 20.0. The lowest BCUT2D eigenvalue weighted by Crippen LogP contribution is -2.52. The van der Waals surface area contributed by atoms with Crippen LogP contribution in [0.5, 0.6) is 0 Å². The van der Waals surface area contributed by atoms with Crippen LogP contribution in [0, 0.1) is 0 Å². The number of likely N-dealkylation sites (tertiary alicyclic amines) is 1. The number of carbonyl (C=O) groups excluding carboxylic acids is 1. The molecule has 2 N–H and O–H groups in total. The third-order valence-corrected chi connectivity index (χ3v) is 4.42. The molecule has 0 spiro atoms. The summed E-state index contributed by atoms with van der Waals surface area (Å²) in [5.41, 5.74) is -0.509. The predicted octanol–water partition coefficient (Wildman–Crippen LogP) is 2.56. The minimum atomic E-state index is -1.23. The Labute approximate surface area is 139 Å². The van der Waals surface area contributed by atoms with Gasteiger partial charge in [-0.15, -0.1) is 0 Å². The van der Waals surface area contributed by atoms with Crippen molar-refractivity contribution in [3.8, 4) is 11.3 Å². The van der Waals surface area contributed by atoms with E-state index in [2.05, 4.69) is 0 Å². The molecule has 1 aliphatic rings. The number of benzene rings is 1. The molecule has 1 saturated heterocycles. The Kier molecular flexibility index (Phi) is 4.43. The minimum absolute atomic E-state index is 0.102. The van der Waals surface area contributed by atoms with Gasteiger partial charge in [-0.2, -0.15) is 0 Å². The van der Waals surface area contributed by atoms with Crippen LogP contribution in [-0.4, -0.2) is 46.3 Å². The molecule has 0 aliphatic carbocycles. The number of rotatable bonds is 3. The average molecular weight is 336 g/mol. The van der Waals surface area contributed by atoms with Crippen LogP contribution in [0.25, 0.3) is 11.3 Å². The van der Waals surface area contributed by atoms with Gasteiger partial charge in [0.1, 0.15) is 11.4 Å². The number of carbonyl (C=O) groups is 1. The van der Waals surface area contributed by atoms with E-state index in [4.69, 9.17) is 16.0 Å². The van der Waals surface area contributed by atoms with Gasteiger partial charge in [-0.3, -0.25) is 4.79 Å². The maximum atomic E-state index is 12.5. The van der Waals surface area contributed by atoms with Crippen molar-refractivity contribution in [3.63, 3.8) is 0 Å². The number of aliphatic hydroxyl groups excluding tert-OH is 1. The van der Waals surface area contributed by atoms with E-state index >= 15 is 0 Å². The fourth-order valence-corrected chi connectivity index (χ4v) is 3.06. The summed E-state index contributed by atoms with van der Waals surface area (Å²) in [6.07, 6.45) is 1.12. The van der Waals surface area contributed by atoms with E-state index in [9.17, 15) is 15.0 Å². The van der Waals surface area contributed by atoms with Gasteiger partial charge in [0.05, 0.1) is 18.2 Å². The largest absolute Gasteiger partial charge is 0.451 e. The Balaban J connectivity index is 1.80. The minimum Gasteiger partial charge on any atom is -0.451 e. The van der Waals surface area contributed by atoms with E-state index in [-0.39, 0.29) is 24.8 Å². The molecule has 1 atom stereocenters. The van der Waals surface area contributed by atoms with Crippen LogP contribution in [0.1, 0.15) is 23.4 Å². The highest BCUT2D eigenvalue weighted by atomic mass is 35.5. The SMILES string of the molecule is O=C(c1ccc(-c2ccccc2Cl)o1)N1CCCC(O)(CO)C1. The fourth-order valence-electron chi connectivity index (χ4n) is 2.83. The van der Waals surface area contributed by atoms with Crippen LogP contribution in [-0.2, 0) is 0 Å². The van der Waals surface area contributed by atoms with Crippen LogP contribution < -0.4 is 0 Å². The van der Waals surface area contributed by atoms with Gasteiger partial charge < -0.3 is 19.5 Å². The van der Waals surface area contributed by atoms with Crippen molar-refractivity contribution in [1.29, 1.82) is 0 Å². The van der Waals surface area contributed by atoms with Crippen molar-refractivity contribution in [3.05, 3.63) is 47.2 Å². The van der Waals surface area contributed by atoms with Crippen molar-refractivity contribution < 1.29 is 19.4 Å². The standard InChI is InChI=1S/C17H18ClNO4/c18-13-5-2-1-4-12(13)14-6-7-15(23-14)16(21)19-9-3-8-17(22,10-19)11-20/h1-2,4-7,20,22H,3,8-11H2. The highest BCUT2D eigenvalue weighted by Gasteiger charge is 2.35. The van der Waals surface area contributed by atoms with Crippen LogP contribution in [0.3, 0.4) is 0 Å². The first-order valence-corrected chi connectivity index (χ1v) is 7.87. The molecule has 1 aromatic carbocycles. The third kappa shape index (κ3) is 3.27. The van der Waals surface area contributed by atoms with Gasteiger partial charge in [0, 0.05) is 12.1 Å². The Bertz CT molecular complexity index is 714. The summed E-state index contributed by atoms with van der Waals surface area (Å²) < 4.78 is 5.65. The van der Waals surface area contributed by atoms with Crippen molar-refractivity contribution in [1.82, 2.24) is 4.90 Å². The number of amides is 1. The molecule has 0 radical (unpaired) electrons. The maximum Gasteiger partial charge on any atom is 0.289 e. The topological polar surface area (TPSA) is 73.9 Å². The lowest BCUT2D eigenvalue weighted by atomic mass is 9.93. The lowest BCUT2D eigenvalue weighted by molar-refractivity contribution is -0.0602. The summed E-state index contributed by atoms with van der Waals surface area (Å²) in [6.45, 7) is 0.271. The van der Waals surface area contributed by atoms with Gasteiger partial charge in [0.15, 0.2) is 5.76 Å². The van der Waals surface area contributed by atoms with Crippen molar-refractivity contribution in [2.75, 3.05) is 19.7 Å². The van der Waals surface area contributed by atoms with Gasteiger partial charge >= 0.3 is 0 Å². The normalized spacial score (nSPS) is 21.4. The molecule has 6 heteroatoms. The molecule has 3 rings (SSSR count). The molecular weight excluding hydrogens is 318 g/mol. The van der Waals surface area contributed by atoms with E-state index in [1.807, 2.05) is 18.2 Å². The first-order chi connectivity index (χ1) is 11.0. The zero-order chi connectivity index (χ0) is 16.4. The van der Waals surface area contributed by atoms with Crippen LogP contribution >= 0.6 is 11.6 Å². The summed E-state index contributed by atoms with van der Waals surface area (Å²) in [5.74, 6) is 0.422. The predicted molar refractivity (Wildman–Crippen MR) is 86.3 cm³/mol. The van der Waals surface area contributed by atoms with Crippen LogP contribution in [0.2, 0.25) is 5.02 Å². The van der Waals surface area contributed by atoms with E-state index in [0.717, 1.165) is 5.56 Å². The molecule has 1 aliphatic heterocycles. The molecule has 23 heavy (non-hydrogen) atoms. The molecule has 2 aromatic rings. The number of hydrogen-bond acceptors (Lipinski definition) is 4. The number of nitrogens with zero attached hydrogens (tertiary/aromatic N) is 1. The zero-order valence-corrected chi connectivity index (χ0v) is 13.3. The summed E-state index contributed by atoms with van der Waals surface area (Å²) >= 11 is 6.14. The Morgan fingerprint density at radius 3 is 2.83 bits per heavy atom. The first kappa shape index (κ1) is 16.1. The smallest absolute Gasteiger partial charge is 0.289 e. The molecule has 1 unspecified atom stereocenters. The van der Waals surface area contributed by atoms with Crippen molar-refractivity contribution in [2.45, 2.75) is 18.4 Å². The Morgan fingerprint density at radius 2 is 2.09 bits per heavy atom. The van der Waals surface area contributed by atoms with Crippen molar-refractivity contribution >= 4 is 17.5 Å². The highest BCUT2D eigenvalue weighted by molar-refractivity contribution is 6.33. The van der Waals surface area contributed by atoms with E-state index in [0.29, 0.717) is 30.2 Å². The molecule has 1 fully saturated rings. The first-order valence-electron chi connectivity index (χ1n) is 7.50. The fraction of sp³-hybridized carbons (Fsp3) is 0.353. The van der Waals surface area contributed by atoms with Gasteiger partial charge in [0.2, 0.25) is 0 Å². The second-order valence-corrected chi connectivity index (χ2v) is 6.26. The summed E-state index contributed by atoms with van der Waals surface area (Å²) in [7, 11) is 0. The molecule has 0 bridgehead atoms. The van der Waals surface area contributed by atoms with Gasteiger partial charge in [-0.25, -0.2) is 0 Å². The second kappa shape index (κ2) is 6.35. The maximum absolute atomic E-state index is 12.5. The Morgan fingerprint density at radius 1 is 1.30 bits per heavy atom. The van der Waals surface area contributed by atoms with Gasteiger partial charge in [-0.05, 0) is 37.1 Å². The summed E-state index contributed by atoms with van der Waals surface area (Å²) in [6, 6.07) is 10.6. The van der Waals surface area contributed by atoms with E-state index < -0.39 is 5.60 Å². The van der Waals surface area contributed by atoms with E-state index in [1.54, 1.807) is 18.2 Å². The second-order valence-electron chi connectivity index (χ2n) is 5.86. The highest BCUT2D eigenvalue weighted by Crippen LogP contribution is 2.30. The number of β-amino-alcohol motifs (C(OH)–C–C–N with tert-alkyl or cyclic N) is 1. The number of piperidine rings is 1. The van der Waals surface area contributed by atoms with Crippen molar-refractivity contribution in [2.24, 2.45) is 0 Å². The summed E-state index contributed by atoms with van der Waals surface area (Å²) in [4.78, 5) is 14.0. The number of hydrogen-bond donors (Lipinski definition) is 2. The molecule has 5 nitrogen and oxygen atoms in total. The number of aliphatic hydroxyl groups is 2. The number of furan rings is 1. The molecule has 1 aromatic heterocycles. The molecule has 1 amide bonds.